The van der Waals surface area contributed by atoms with Gasteiger partial charge in [0.25, 0.3) is 5.91 Å². The first kappa shape index (κ1) is 24.9. The van der Waals surface area contributed by atoms with E-state index in [-0.39, 0.29) is 18.8 Å². The Morgan fingerprint density at radius 1 is 1.21 bits per heavy atom. The maximum Gasteiger partial charge on any atom is 0.408 e. The number of anilines is 1. The van der Waals surface area contributed by atoms with E-state index in [1.807, 2.05) is 56.5 Å². The van der Waals surface area contributed by atoms with Crippen molar-refractivity contribution in [2.45, 2.75) is 65.6 Å². The summed E-state index contributed by atoms with van der Waals surface area (Å²) in [6, 6.07) is 7.39. The number of ketones is 1. The largest absolute Gasteiger partial charge is 0.465 e. The topological polar surface area (TPSA) is 133 Å². The Balaban J connectivity index is 1.98. The second-order valence-corrected chi connectivity index (χ2v) is 9.40. The minimum atomic E-state index is -1.24. The Labute approximate surface area is 198 Å². The van der Waals surface area contributed by atoms with Gasteiger partial charge in [0.15, 0.2) is 0 Å². The summed E-state index contributed by atoms with van der Waals surface area (Å²) in [5, 5.41) is 19.1. The number of rotatable bonds is 10. The van der Waals surface area contributed by atoms with E-state index in [4.69, 9.17) is 0 Å². The number of H-pyrrole nitrogens is 1. The number of Topliss-reactive ketones (excluding diaryl/α,β-unsaturated/α-hetero) is 1. The minimum Gasteiger partial charge on any atom is -0.465 e. The summed E-state index contributed by atoms with van der Waals surface area (Å²) in [6.45, 7) is 8.03. The van der Waals surface area contributed by atoms with E-state index in [2.05, 4.69) is 20.5 Å². The van der Waals surface area contributed by atoms with Gasteiger partial charge in [-0.1, -0.05) is 52.7 Å². The van der Waals surface area contributed by atoms with Crippen molar-refractivity contribution in [1.29, 1.82) is 0 Å². The number of nitrogens with zero attached hydrogens (tertiary/aromatic N) is 4. The van der Waals surface area contributed by atoms with Crippen molar-refractivity contribution in [2.24, 2.45) is 5.41 Å². The fourth-order valence-electron chi connectivity index (χ4n) is 4.06. The van der Waals surface area contributed by atoms with Crippen molar-refractivity contribution in [3.8, 4) is 0 Å². The molecule has 0 radical (unpaired) electrons. The second kappa shape index (κ2) is 10.5. The highest BCUT2D eigenvalue weighted by molar-refractivity contribution is 6.42. The van der Waals surface area contributed by atoms with Crippen LogP contribution in [-0.4, -0.2) is 59.6 Å². The van der Waals surface area contributed by atoms with Crippen LogP contribution in [0.4, 0.5) is 10.6 Å². The predicted molar refractivity (Wildman–Crippen MR) is 128 cm³/mol. The summed E-state index contributed by atoms with van der Waals surface area (Å²) in [5.74, 6) is -1.40. The Morgan fingerprint density at radius 2 is 1.94 bits per heavy atom. The van der Waals surface area contributed by atoms with Crippen molar-refractivity contribution in [1.82, 2.24) is 24.6 Å². The van der Waals surface area contributed by atoms with E-state index in [1.54, 1.807) is 6.33 Å². The lowest BCUT2D eigenvalue weighted by atomic mass is 9.84. The molecule has 0 fully saturated rings. The maximum atomic E-state index is 13.3. The van der Waals surface area contributed by atoms with Gasteiger partial charge in [0.2, 0.25) is 5.78 Å². The van der Waals surface area contributed by atoms with Crippen LogP contribution in [0.5, 0.6) is 0 Å². The van der Waals surface area contributed by atoms with Crippen LogP contribution in [0.2, 0.25) is 0 Å². The summed E-state index contributed by atoms with van der Waals surface area (Å²) in [5.41, 5.74) is 1.14. The lowest BCUT2D eigenvalue weighted by Crippen LogP contribution is -2.57. The molecule has 2 amide bonds. The lowest BCUT2D eigenvalue weighted by Gasteiger charge is -2.42. The fourth-order valence-corrected chi connectivity index (χ4v) is 4.06. The molecule has 0 aliphatic rings. The number of amides is 2. The van der Waals surface area contributed by atoms with Crippen molar-refractivity contribution < 1.29 is 19.5 Å². The first-order chi connectivity index (χ1) is 16.1. The quantitative estimate of drug-likeness (QED) is 0.386. The molecule has 0 saturated carbocycles. The van der Waals surface area contributed by atoms with Gasteiger partial charge < -0.3 is 15.0 Å². The monoisotopic (exact) mass is 468 g/mol. The van der Waals surface area contributed by atoms with Crippen LogP contribution in [0.25, 0.3) is 11.0 Å². The smallest absolute Gasteiger partial charge is 0.408 e. The van der Waals surface area contributed by atoms with Crippen molar-refractivity contribution >= 4 is 34.6 Å². The summed E-state index contributed by atoms with van der Waals surface area (Å²) < 4.78 is 1.90. The molecule has 3 aromatic rings. The van der Waals surface area contributed by atoms with E-state index in [0.29, 0.717) is 6.42 Å². The Kier molecular flexibility index (Phi) is 7.70. The van der Waals surface area contributed by atoms with Gasteiger partial charge in [0.05, 0.1) is 29.6 Å². The molecule has 2 aromatic heterocycles. The van der Waals surface area contributed by atoms with E-state index >= 15 is 0 Å². The average Bonchev–Trinajstić information content (AvgIpc) is 3.44. The summed E-state index contributed by atoms with van der Waals surface area (Å²) in [7, 11) is 0. The van der Waals surface area contributed by atoms with Crippen molar-refractivity contribution in [3.05, 3.63) is 42.9 Å². The number of carbonyl (C=O) groups is 3. The zero-order valence-electron chi connectivity index (χ0n) is 20.0. The molecular weight excluding hydrogens is 436 g/mol. The number of hydrogen-bond donors (Lipinski definition) is 3. The van der Waals surface area contributed by atoms with Crippen molar-refractivity contribution in [3.63, 3.8) is 0 Å². The van der Waals surface area contributed by atoms with Gasteiger partial charge in [-0.2, -0.15) is 5.10 Å². The number of benzene rings is 1. The highest BCUT2D eigenvalue weighted by atomic mass is 16.4. The molecule has 1 unspecified atom stereocenters. The second-order valence-electron chi connectivity index (χ2n) is 9.40. The van der Waals surface area contributed by atoms with Crippen LogP contribution < -0.4 is 5.32 Å². The number of aromatic amines is 1. The van der Waals surface area contributed by atoms with Crippen LogP contribution >= 0.6 is 0 Å². The number of para-hydroxylation sites is 2. The number of hydrogen-bond acceptors (Lipinski definition) is 5. The van der Waals surface area contributed by atoms with Gasteiger partial charge in [0, 0.05) is 12.6 Å². The van der Waals surface area contributed by atoms with Crippen LogP contribution in [-0.2, 0) is 16.1 Å². The SMILES string of the molecule is CCCC[C@@H](C(=O)C(=O)Nc1ccn[nH]1)N(C(=O)O)C(Cn1cnc2ccccc21)C(C)(C)C. The van der Waals surface area contributed by atoms with Crippen LogP contribution in [0.3, 0.4) is 0 Å². The van der Waals surface area contributed by atoms with Gasteiger partial charge in [-0.05, 0) is 24.0 Å². The number of carbonyl (C=O) groups excluding carboxylic acids is 2. The number of imidazole rings is 1. The Hall–Kier alpha value is -3.69. The molecule has 0 saturated heterocycles. The molecule has 10 heteroatoms. The molecule has 0 aliphatic heterocycles. The van der Waals surface area contributed by atoms with Crippen molar-refractivity contribution in [2.75, 3.05) is 5.32 Å². The van der Waals surface area contributed by atoms with Crippen LogP contribution in [0, 0.1) is 5.41 Å². The highest BCUT2D eigenvalue weighted by Gasteiger charge is 2.42. The van der Waals surface area contributed by atoms with Gasteiger partial charge in [-0.3, -0.25) is 19.6 Å². The van der Waals surface area contributed by atoms with Crippen LogP contribution in [0.15, 0.2) is 42.9 Å². The first-order valence-corrected chi connectivity index (χ1v) is 11.4. The first-order valence-electron chi connectivity index (χ1n) is 11.4. The van der Waals surface area contributed by atoms with E-state index in [9.17, 15) is 19.5 Å². The molecule has 3 rings (SSSR count). The van der Waals surface area contributed by atoms with E-state index in [0.717, 1.165) is 17.5 Å². The van der Waals surface area contributed by atoms with Crippen LogP contribution in [0.1, 0.15) is 47.0 Å². The molecule has 34 heavy (non-hydrogen) atoms. The number of carboxylic acid groups (broad SMARTS) is 1. The number of aromatic nitrogens is 4. The maximum absolute atomic E-state index is 13.3. The third kappa shape index (κ3) is 5.62. The van der Waals surface area contributed by atoms with Gasteiger partial charge in [-0.25, -0.2) is 9.78 Å². The molecule has 2 atom stereocenters. The standard InChI is InChI=1S/C24H32N6O4/c1-5-6-10-18(21(31)22(32)27-20-12-13-26-28-20)30(23(33)34)19(24(2,3)4)14-29-15-25-16-9-7-8-11-17(16)29/h7-9,11-13,15,18-19H,5-6,10,14H2,1-4H3,(H,33,34)(H2,26,27,28,32)/t18-,19?/m0/s1. The highest BCUT2D eigenvalue weighted by Crippen LogP contribution is 2.30. The minimum absolute atomic E-state index is 0.245. The van der Waals surface area contributed by atoms with Gasteiger partial charge in [-0.15, -0.1) is 0 Å². The number of unbranched alkanes of at least 4 members (excludes halogenated alkanes) is 1. The zero-order chi connectivity index (χ0) is 24.9. The fraction of sp³-hybridized carbons (Fsp3) is 0.458. The summed E-state index contributed by atoms with van der Waals surface area (Å²) >= 11 is 0. The molecule has 0 aliphatic carbocycles. The third-order valence-electron chi connectivity index (χ3n) is 5.90. The lowest BCUT2D eigenvalue weighted by molar-refractivity contribution is -0.139. The summed E-state index contributed by atoms with van der Waals surface area (Å²) in [6.07, 6.45) is 3.48. The number of fused-ring (bicyclic) bond motifs is 1. The average molecular weight is 469 g/mol. The van der Waals surface area contributed by atoms with Gasteiger partial charge in [0.1, 0.15) is 11.9 Å². The predicted octanol–water partition coefficient (Wildman–Crippen LogP) is 3.92. The molecule has 182 valence electrons. The zero-order valence-corrected chi connectivity index (χ0v) is 20.0. The molecule has 2 heterocycles. The molecular formula is C24H32N6O4. The molecule has 10 nitrogen and oxygen atoms in total. The molecule has 3 N–H and O–H groups in total. The Bertz CT molecular complexity index is 1130. The van der Waals surface area contributed by atoms with E-state index in [1.165, 1.54) is 17.2 Å². The Morgan fingerprint density at radius 3 is 2.56 bits per heavy atom. The molecule has 1 aromatic carbocycles. The van der Waals surface area contributed by atoms with Gasteiger partial charge >= 0.3 is 6.09 Å². The third-order valence-corrected chi connectivity index (χ3v) is 5.90. The summed E-state index contributed by atoms with van der Waals surface area (Å²) in [4.78, 5) is 44.3. The normalized spacial score (nSPS) is 13.4. The number of nitrogens with one attached hydrogen (secondary N) is 2. The molecule has 0 bridgehead atoms. The molecule has 0 spiro atoms. The van der Waals surface area contributed by atoms with E-state index < -0.39 is 35.3 Å².